The van der Waals surface area contributed by atoms with Crippen molar-refractivity contribution < 1.29 is 17.9 Å². The van der Waals surface area contributed by atoms with E-state index >= 15 is 0 Å². The number of thiophene rings is 1. The van der Waals surface area contributed by atoms with Crippen LogP contribution in [0.5, 0.6) is 5.06 Å². The number of hydrogen-bond donors (Lipinski definition) is 0. The number of esters is 1. The number of sulfone groups is 1. The van der Waals surface area contributed by atoms with Crippen molar-refractivity contribution in [3.05, 3.63) is 16.5 Å². The van der Waals surface area contributed by atoms with Crippen molar-refractivity contribution in [3.8, 4) is 5.06 Å². The van der Waals surface area contributed by atoms with Gasteiger partial charge in [0.05, 0.1) is 4.34 Å². The van der Waals surface area contributed by atoms with Crippen LogP contribution < -0.4 is 4.74 Å². The summed E-state index contributed by atoms with van der Waals surface area (Å²) in [6.45, 7) is 1.28. The summed E-state index contributed by atoms with van der Waals surface area (Å²) in [6, 6.07) is 3.08. The van der Waals surface area contributed by atoms with Crippen molar-refractivity contribution in [2.45, 2.75) is 12.2 Å². The molecule has 1 aromatic rings. The molecule has 7 heteroatoms. The smallest absolute Gasteiger partial charge is 0.330 e. The second-order valence-corrected chi connectivity index (χ2v) is 7.00. The van der Waals surface area contributed by atoms with Gasteiger partial charge in [-0.2, -0.15) is 0 Å². The predicted octanol–water partition coefficient (Wildman–Crippen LogP) is 1.74. The lowest BCUT2D eigenvalue weighted by molar-refractivity contribution is -0.133. The zero-order valence-corrected chi connectivity index (χ0v) is 10.4. The zero-order chi connectivity index (χ0) is 11.6. The molecule has 0 N–H and O–H groups in total. The Morgan fingerprint density at radius 3 is 2.53 bits per heavy atom. The van der Waals surface area contributed by atoms with Crippen LogP contribution in [0, 0.1) is 0 Å². The molecular weight excluding hydrogens is 260 g/mol. The molecule has 1 rings (SSSR count). The molecule has 0 aliphatic heterocycles. The van der Waals surface area contributed by atoms with Crippen LogP contribution in [0.3, 0.4) is 0 Å². The quantitative estimate of drug-likeness (QED) is 0.784. The van der Waals surface area contributed by atoms with Gasteiger partial charge in [-0.3, -0.25) is 4.79 Å². The maximum Gasteiger partial charge on any atom is 0.330 e. The molecule has 0 amide bonds. The fraction of sp³-hybridized carbons (Fsp3) is 0.375. The molecular formula is C8H9ClO4S2. The van der Waals surface area contributed by atoms with Crippen LogP contribution in [0.1, 0.15) is 6.92 Å². The second kappa shape index (κ2) is 4.51. The van der Waals surface area contributed by atoms with Crippen LogP contribution in [-0.4, -0.2) is 25.9 Å². The highest BCUT2D eigenvalue weighted by molar-refractivity contribution is 7.92. The lowest BCUT2D eigenvalue weighted by atomic mass is 10.5. The second-order valence-electron chi connectivity index (χ2n) is 2.95. The summed E-state index contributed by atoms with van der Waals surface area (Å²) in [5.74, 6) is -0.795. The third kappa shape index (κ3) is 3.48. The van der Waals surface area contributed by atoms with E-state index in [9.17, 15) is 13.2 Å². The highest BCUT2D eigenvalue weighted by Gasteiger charge is 2.25. The molecule has 0 radical (unpaired) electrons. The maximum absolute atomic E-state index is 11.3. The van der Waals surface area contributed by atoms with E-state index in [2.05, 4.69) is 0 Å². The molecule has 1 atom stereocenters. The Morgan fingerprint density at radius 1 is 1.53 bits per heavy atom. The van der Waals surface area contributed by atoms with Gasteiger partial charge < -0.3 is 4.74 Å². The van der Waals surface area contributed by atoms with Gasteiger partial charge in [0.2, 0.25) is 0 Å². The Kier molecular flexibility index (Phi) is 3.75. The third-order valence-electron chi connectivity index (χ3n) is 1.72. The average Bonchev–Trinajstić information content (AvgIpc) is 2.48. The van der Waals surface area contributed by atoms with Crippen molar-refractivity contribution in [3.63, 3.8) is 0 Å². The van der Waals surface area contributed by atoms with Crippen LogP contribution in [0.4, 0.5) is 0 Å². The summed E-state index contributed by atoms with van der Waals surface area (Å²) >= 11 is 6.69. The van der Waals surface area contributed by atoms with Crippen LogP contribution >= 0.6 is 22.9 Å². The molecule has 0 aromatic carbocycles. The first kappa shape index (κ1) is 12.5. The van der Waals surface area contributed by atoms with Crippen LogP contribution in [0.25, 0.3) is 0 Å². The number of halogens is 1. The summed E-state index contributed by atoms with van der Waals surface area (Å²) in [7, 11) is -3.42. The molecule has 1 unspecified atom stereocenters. The standard InChI is InChI=1S/C8H9ClO4S2/c1-5(15(2,11)12)8(10)13-7-4-3-6(9)14-7/h3-5H,1-2H3. The molecule has 0 fully saturated rings. The van der Waals surface area contributed by atoms with Gasteiger partial charge in [0.15, 0.2) is 20.2 Å². The largest absolute Gasteiger partial charge is 0.414 e. The Bertz CT molecular complexity index is 463. The fourth-order valence-electron chi connectivity index (χ4n) is 0.709. The molecule has 0 spiro atoms. The molecule has 0 saturated heterocycles. The van der Waals surface area contributed by atoms with Crippen molar-refractivity contribution >= 4 is 38.7 Å². The van der Waals surface area contributed by atoms with Crippen LogP contribution in [0.2, 0.25) is 4.34 Å². The van der Waals surface area contributed by atoms with Gasteiger partial charge in [0.1, 0.15) is 0 Å². The van der Waals surface area contributed by atoms with E-state index in [1.165, 1.54) is 13.0 Å². The third-order valence-corrected chi connectivity index (χ3v) is 4.31. The summed E-state index contributed by atoms with van der Waals surface area (Å²) in [6.07, 6.45) is 0.986. The number of carbonyl (C=O) groups is 1. The van der Waals surface area contributed by atoms with Crippen molar-refractivity contribution in [2.75, 3.05) is 6.26 Å². The SMILES string of the molecule is CC(C(=O)Oc1ccc(Cl)s1)S(C)(=O)=O. The molecule has 0 aliphatic rings. The predicted molar refractivity (Wildman–Crippen MR) is 59.3 cm³/mol. The number of carbonyl (C=O) groups excluding carboxylic acids is 1. The van der Waals surface area contributed by atoms with Crippen LogP contribution in [-0.2, 0) is 14.6 Å². The Morgan fingerprint density at radius 2 is 2.13 bits per heavy atom. The monoisotopic (exact) mass is 268 g/mol. The van der Waals surface area contributed by atoms with Gasteiger partial charge in [-0.1, -0.05) is 22.9 Å². The van der Waals surface area contributed by atoms with Gasteiger partial charge in [0.25, 0.3) is 0 Å². The van der Waals surface area contributed by atoms with Gasteiger partial charge in [-0.25, -0.2) is 8.42 Å². The summed E-state index contributed by atoms with van der Waals surface area (Å²) in [5.41, 5.74) is 0. The first-order valence-corrected chi connectivity index (χ1v) is 7.11. The number of hydrogen-bond acceptors (Lipinski definition) is 5. The minimum atomic E-state index is -3.42. The fourth-order valence-corrected chi connectivity index (χ4v) is 1.99. The topological polar surface area (TPSA) is 60.4 Å². The van der Waals surface area contributed by atoms with E-state index in [-0.39, 0.29) is 0 Å². The Balaban J connectivity index is 2.72. The van der Waals surface area contributed by atoms with Gasteiger partial charge >= 0.3 is 5.97 Å². The molecule has 15 heavy (non-hydrogen) atoms. The van der Waals surface area contributed by atoms with Crippen molar-refractivity contribution in [1.82, 2.24) is 0 Å². The van der Waals surface area contributed by atoms with Crippen molar-refractivity contribution in [2.24, 2.45) is 0 Å². The summed E-state index contributed by atoms with van der Waals surface area (Å²) in [4.78, 5) is 11.3. The normalized spacial score (nSPS) is 13.5. The highest BCUT2D eigenvalue weighted by atomic mass is 35.5. The molecule has 84 valence electrons. The molecule has 4 nitrogen and oxygen atoms in total. The molecule has 1 aromatic heterocycles. The molecule has 0 aliphatic carbocycles. The Labute approximate surface area is 96.7 Å². The van der Waals surface area contributed by atoms with E-state index in [1.54, 1.807) is 6.07 Å². The van der Waals surface area contributed by atoms with Crippen LogP contribution in [0.15, 0.2) is 12.1 Å². The first-order valence-electron chi connectivity index (χ1n) is 3.96. The lowest BCUT2D eigenvalue weighted by Gasteiger charge is -2.07. The maximum atomic E-state index is 11.3. The van der Waals surface area contributed by atoms with Gasteiger partial charge in [0, 0.05) is 6.26 Å². The first-order chi connectivity index (χ1) is 6.80. The summed E-state index contributed by atoms with van der Waals surface area (Å²) < 4.78 is 27.4. The minimum absolute atomic E-state index is 0.292. The molecule has 0 bridgehead atoms. The minimum Gasteiger partial charge on any atom is -0.414 e. The summed E-state index contributed by atoms with van der Waals surface area (Å²) in [5, 5.41) is -0.876. The highest BCUT2D eigenvalue weighted by Crippen LogP contribution is 2.28. The van der Waals surface area contributed by atoms with E-state index in [0.29, 0.717) is 9.40 Å². The number of ether oxygens (including phenoxy) is 1. The molecule has 1 heterocycles. The lowest BCUT2D eigenvalue weighted by Crippen LogP contribution is -2.30. The van der Waals surface area contributed by atoms with Crippen molar-refractivity contribution in [1.29, 1.82) is 0 Å². The molecule has 0 saturated carbocycles. The van der Waals surface area contributed by atoms with E-state index in [0.717, 1.165) is 17.6 Å². The zero-order valence-electron chi connectivity index (χ0n) is 8.06. The van der Waals surface area contributed by atoms with E-state index < -0.39 is 21.1 Å². The average molecular weight is 269 g/mol. The van der Waals surface area contributed by atoms with Gasteiger partial charge in [-0.15, -0.1) is 0 Å². The number of rotatable bonds is 3. The van der Waals surface area contributed by atoms with E-state index in [1.807, 2.05) is 0 Å². The van der Waals surface area contributed by atoms with Gasteiger partial charge in [-0.05, 0) is 19.1 Å². The van der Waals surface area contributed by atoms with E-state index in [4.69, 9.17) is 16.3 Å². The Hall–Kier alpha value is -0.590.